The molecule has 0 bridgehead atoms. The fourth-order valence-electron chi connectivity index (χ4n) is 1.22. The zero-order valence-corrected chi connectivity index (χ0v) is 7.88. The summed E-state index contributed by atoms with van der Waals surface area (Å²) in [7, 11) is 2.15. The Hall–Kier alpha value is 0.500. The smallest absolute Gasteiger partial charge is 0.00191 e. The van der Waals surface area contributed by atoms with Crippen LogP contribution in [0.25, 0.3) is 0 Å². The number of nitrogens with zero attached hydrogens (tertiary/aromatic N) is 1. The molecule has 10 heavy (non-hydrogen) atoms. The molecule has 0 radical (unpaired) electrons. The number of likely N-dealkylation sites (tertiary alicyclic amines) is 1. The molecule has 1 saturated heterocycles. The Bertz CT molecular complexity index is 80.1. The lowest BCUT2D eigenvalue weighted by Crippen LogP contribution is -2.18. The number of rotatable bonds is 1. The van der Waals surface area contributed by atoms with E-state index in [1.54, 1.807) is 0 Å². The Balaban J connectivity index is 0. The van der Waals surface area contributed by atoms with Crippen molar-refractivity contribution < 1.29 is 0 Å². The van der Waals surface area contributed by atoms with Gasteiger partial charge in [-0.1, -0.05) is 0 Å². The van der Waals surface area contributed by atoms with Gasteiger partial charge in [0.1, 0.15) is 0 Å². The zero-order chi connectivity index (χ0) is 5.98. The summed E-state index contributed by atoms with van der Waals surface area (Å²) in [6.07, 6.45) is 1.30. The standard InChI is InChI=1S/C6H14N2.2ClH/c1-8-3-2-6(4-7)5-8;;/h6H,2-5,7H2,1H3;2*1H/t6-;;/m0../s1. The summed E-state index contributed by atoms with van der Waals surface area (Å²) in [5.41, 5.74) is 5.47. The van der Waals surface area contributed by atoms with Gasteiger partial charge in [-0.2, -0.15) is 0 Å². The molecule has 1 heterocycles. The molecular formula is C6H16Cl2N2. The maximum absolute atomic E-state index is 5.47. The first kappa shape index (κ1) is 13.1. The largest absolute Gasteiger partial charge is 0.330 e. The molecule has 0 amide bonds. The van der Waals surface area contributed by atoms with Gasteiger partial charge < -0.3 is 10.6 Å². The number of nitrogens with two attached hydrogens (primary N) is 1. The molecule has 1 rings (SSSR count). The Morgan fingerprint density at radius 1 is 1.50 bits per heavy atom. The normalized spacial score (nSPS) is 25.2. The van der Waals surface area contributed by atoms with E-state index in [2.05, 4.69) is 11.9 Å². The SMILES string of the molecule is CN1CC[C@@H](CN)C1.Cl.Cl. The van der Waals surface area contributed by atoms with Crippen LogP contribution in [0.15, 0.2) is 0 Å². The molecule has 0 saturated carbocycles. The van der Waals surface area contributed by atoms with E-state index in [1.165, 1.54) is 19.5 Å². The van der Waals surface area contributed by atoms with Crippen LogP contribution in [-0.2, 0) is 0 Å². The van der Waals surface area contributed by atoms with E-state index in [9.17, 15) is 0 Å². The summed E-state index contributed by atoms with van der Waals surface area (Å²) < 4.78 is 0. The molecule has 2 N–H and O–H groups in total. The maximum atomic E-state index is 5.47. The van der Waals surface area contributed by atoms with E-state index < -0.39 is 0 Å². The fourth-order valence-corrected chi connectivity index (χ4v) is 1.22. The molecule has 0 aromatic heterocycles. The molecule has 64 valence electrons. The van der Waals surface area contributed by atoms with Crippen molar-refractivity contribution in [3.05, 3.63) is 0 Å². The van der Waals surface area contributed by atoms with Crippen molar-refractivity contribution >= 4 is 24.8 Å². The molecule has 2 nitrogen and oxygen atoms in total. The Morgan fingerprint density at radius 2 is 2.10 bits per heavy atom. The second-order valence-electron chi connectivity index (χ2n) is 2.65. The second-order valence-corrected chi connectivity index (χ2v) is 2.65. The van der Waals surface area contributed by atoms with Crippen LogP contribution < -0.4 is 5.73 Å². The highest BCUT2D eigenvalue weighted by Crippen LogP contribution is 2.11. The van der Waals surface area contributed by atoms with Crippen molar-refractivity contribution in [3.63, 3.8) is 0 Å². The first-order valence-corrected chi connectivity index (χ1v) is 3.21. The first-order valence-electron chi connectivity index (χ1n) is 3.21. The van der Waals surface area contributed by atoms with Gasteiger partial charge in [0.2, 0.25) is 0 Å². The van der Waals surface area contributed by atoms with Crippen LogP contribution >= 0.6 is 24.8 Å². The average molecular weight is 187 g/mol. The summed E-state index contributed by atoms with van der Waals surface area (Å²) in [5, 5.41) is 0. The molecule has 4 heteroatoms. The van der Waals surface area contributed by atoms with Crippen LogP contribution in [0.1, 0.15) is 6.42 Å². The van der Waals surface area contributed by atoms with E-state index in [1.807, 2.05) is 0 Å². The van der Waals surface area contributed by atoms with Crippen molar-refractivity contribution in [2.45, 2.75) is 6.42 Å². The molecule has 0 aliphatic carbocycles. The van der Waals surface area contributed by atoms with Crippen LogP contribution in [0.5, 0.6) is 0 Å². The van der Waals surface area contributed by atoms with Gasteiger partial charge in [-0.15, -0.1) is 24.8 Å². The molecule has 0 unspecified atom stereocenters. The first-order chi connectivity index (χ1) is 3.83. The van der Waals surface area contributed by atoms with Crippen molar-refractivity contribution in [3.8, 4) is 0 Å². The number of hydrogen-bond donors (Lipinski definition) is 1. The lowest BCUT2D eigenvalue weighted by atomic mass is 10.1. The average Bonchev–Trinajstić information content (AvgIpc) is 2.14. The summed E-state index contributed by atoms with van der Waals surface area (Å²) in [4.78, 5) is 2.33. The van der Waals surface area contributed by atoms with Crippen molar-refractivity contribution in [2.75, 3.05) is 26.7 Å². The lowest BCUT2D eigenvalue weighted by Gasteiger charge is -2.05. The molecule has 1 aliphatic heterocycles. The monoisotopic (exact) mass is 186 g/mol. The van der Waals surface area contributed by atoms with Gasteiger partial charge in [-0.25, -0.2) is 0 Å². The van der Waals surface area contributed by atoms with Crippen LogP contribution in [0, 0.1) is 5.92 Å². The van der Waals surface area contributed by atoms with Gasteiger partial charge in [0.15, 0.2) is 0 Å². The van der Waals surface area contributed by atoms with Crippen LogP contribution in [-0.4, -0.2) is 31.6 Å². The summed E-state index contributed by atoms with van der Waals surface area (Å²) in [5.74, 6) is 0.778. The number of hydrogen-bond acceptors (Lipinski definition) is 2. The number of halogens is 2. The minimum Gasteiger partial charge on any atom is -0.330 e. The van der Waals surface area contributed by atoms with Crippen LogP contribution in [0.2, 0.25) is 0 Å². The maximum Gasteiger partial charge on any atom is 0.00191 e. The molecule has 0 aromatic rings. The van der Waals surface area contributed by atoms with Crippen molar-refractivity contribution in [1.29, 1.82) is 0 Å². The Kier molecular flexibility index (Phi) is 8.17. The third-order valence-electron chi connectivity index (χ3n) is 1.82. The zero-order valence-electron chi connectivity index (χ0n) is 6.25. The highest BCUT2D eigenvalue weighted by molar-refractivity contribution is 5.85. The van der Waals surface area contributed by atoms with Crippen molar-refractivity contribution in [1.82, 2.24) is 4.90 Å². The molecule has 1 fully saturated rings. The van der Waals surface area contributed by atoms with E-state index in [-0.39, 0.29) is 24.8 Å². The highest BCUT2D eigenvalue weighted by atomic mass is 35.5. The van der Waals surface area contributed by atoms with Crippen molar-refractivity contribution in [2.24, 2.45) is 11.7 Å². The predicted octanol–water partition coefficient (Wildman–Crippen LogP) is 0.740. The highest BCUT2D eigenvalue weighted by Gasteiger charge is 2.16. The van der Waals surface area contributed by atoms with Gasteiger partial charge in [0, 0.05) is 6.54 Å². The van der Waals surface area contributed by atoms with Gasteiger partial charge in [0.05, 0.1) is 0 Å². The second kappa shape index (κ2) is 6.23. The van der Waals surface area contributed by atoms with E-state index >= 15 is 0 Å². The summed E-state index contributed by atoms with van der Waals surface area (Å²) in [6, 6.07) is 0. The Morgan fingerprint density at radius 3 is 2.30 bits per heavy atom. The van der Waals surface area contributed by atoms with E-state index in [0.29, 0.717) is 0 Å². The third kappa shape index (κ3) is 3.62. The molecule has 0 aromatic carbocycles. The van der Waals surface area contributed by atoms with Gasteiger partial charge >= 0.3 is 0 Å². The Labute approximate surface area is 75.0 Å². The quantitative estimate of drug-likeness (QED) is 0.656. The van der Waals surface area contributed by atoms with Crippen LogP contribution in [0.3, 0.4) is 0 Å². The van der Waals surface area contributed by atoms with E-state index in [4.69, 9.17) is 5.73 Å². The lowest BCUT2D eigenvalue weighted by molar-refractivity contribution is 0.397. The minimum absolute atomic E-state index is 0. The van der Waals surface area contributed by atoms with Gasteiger partial charge in [-0.3, -0.25) is 0 Å². The summed E-state index contributed by atoms with van der Waals surface area (Å²) in [6.45, 7) is 3.31. The predicted molar refractivity (Wildman–Crippen MR) is 49.2 cm³/mol. The minimum atomic E-state index is 0. The van der Waals surface area contributed by atoms with E-state index in [0.717, 1.165) is 12.5 Å². The van der Waals surface area contributed by atoms with Crippen LogP contribution in [0.4, 0.5) is 0 Å². The molecular weight excluding hydrogens is 171 g/mol. The molecule has 1 aliphatic rings. The van der Waals surface area contributed by atoms with Gasteiger partial charge in [-0.05, 0) is 32.5 Å². The topological polar surface area (TPSA) is 29.3 Å². The molecule has 0 spiro atoms. The third-order valence-corrected chi connectivity index (χ3v) is 1.82. The fraction of sp³-hybridized carbons (Fsp3) is 1.00. The van der Waals surface area contributed by atoms with Gasteiger partial charge in [0.25, 0.3) is 0 Å². The molecule has 1 atom stereocenters. The summed E-state index contributed by atoms with van der Waals surface area (Å²) >= 11 is 0.